The molecule has 0 aromatic rings. The number of rotatable bonds is 5. The van der Waals surface area contributed by atoms with E-state index in [0.29, 0.717) is 12.6 Å². The molecule has 0 bridgehead atoms. The van der Waals surface area contributed by atoms with Crippen molar-refractivity contribution in [1.29, 1.82) is 0 Å². The second-order valence-corrected chi connectivity index (χ2v) is 5.27. The van der Waals surface area contributed by atoms with E-state index in [4.69, 9.17) is 4.74 Å². The molecule has 3 heteroatoms. The molecule has 17 heavy (non-hydrogen) atoms. The summed E-state index contributed by atoms with van der Waals surface area (Å²) in [5.41, 5.74) is 0. The number of likely N-dealkylation sites (tertiary alicyclic amines) is 1. The highest BCUT2D eigenvalue weighted by atomic mass is 16.5. The van der Waals surface area contributed by atoms with Crippen molar-refractivity contribution < 1.29 is 9.53 Å². The van der Waals surface area contributed by atoms with Gasteiger partial charge < -0.3 is 4.74 Å². The zero-order chi connectivity index (χ0) is 12.8. The SMILES string of the molecule is CCCC(C(=O)OCC)N1CCC(C)CC1C. The molecule has 0 N–H and O–H groups in total. The first kappa shape index (κ1) is 14.5. The third kappa shape index (κ3) is 3.98. The van der Waals surface area contributed by atoms with Crippen molar-refractivity contribution >= 4 is 5.97 Å². The molecule has 0 spiro atoms. The van der Waals surface area contributed by atoms with E-state index in [1.165, 1.54) is 12.8 Å². The van der Waals surface area contributed by atoms with Crippen LogP contribution in [0.5, 0.6) is 0 Å². The van der Waals surface area contributed by atoms with Crippen LogP contribution in [0.3, 0.4) is 0 Å². The molecule has 0 radical (unpaired) electrons. The van der Waals surface area contributed by atoms with Crippen molar-refractivity contribution in [1.82, 2.24) is 4.90 Å². The van der Waals surface area contributed by atoms with Gasteiger partial charge >= 0.3 is 5.97 Å². The Hall–Kier alpha value is -0.570. The van der Waals surface area contributed by atoms with Gasteiger partial charge in [0.15, 0.2) is 0 Å². The van der Waals surface area contributed by atoms with Crippen LogP contribution in [-0.4, -0.2) is 36.1 Å². The number of nitrogens with zero attached hydrogens (tertiary/aromatic N) is 1. The van der Waals surface area contributed by atoms with E-state index in [2.05, 4.69) is 25.7 Å². The van der Waals surface area contributed by atoms with Crippen LogP contribution in [0.25, 0.3) is 0 Å². The third-order valence-corrected chi connectivity index (χ3v) is 3.71. The molecule has 0 saturated carbocycles. The maximum absolute atomic E-state index is 12.0. The van der Waals surface area contributed by atoms with Gasteiger partial charge in [-0.15, -0.1) is 0 Å². The van der Waals surface area contributed by atoms with Gasteiger partial charge in [0.25, 0.3) is 0 Å². The first-order valence-corrected chi connectivity index (χ1v) is 7.02. The Morgan fingerprint density at radius 2 is 2.12 bits per heavy atom. The first-order chi connectivity index (χ1) is 8.10. The predicted octanol–water partition coefficient (Wildman–Crippen LogP) is 2.84. The minimum Gasteiger partial charge on any atom is -0.465 e. The van der Waals surface area contributed by atoms with Gasteiger partial charge in [0.1, 0.15) is 6.04 Å². The fraction of sp³-hybridized carbons (Fsp3) is 0.929. The third-order valence-electron chi connectivity index (χ3n) is 3.71. The largest absolute Gasteiger partial charge is 0.465 e. The summed E-state index contributed by atoms with van der Waals surface area (Å²) in [6.45, 7) is 10.1. The minimum absolute atomic E-state index is 0.0255. The Labute approximate surface area is 106 Å². The van der Waals surface area contributed by atoms with Gasteiger partial charge in [0.05, 0.1) is 6.61 Å². The lowest BCUT2D eigenvalue weighted by atomic mass is 9.91. The van der Waals surface area contributed by atoms with Gasteiger partial charge in [-0.05, 0) is 45.6 Å². The first-order valence-electron chi connectivity index (χ1n) is 7.02. The molecule has 1 saturated heterocycles. The molecule has 1 fully saturated rings. The van der Waals surface area contributed by atoms with E-state index >= 15 is 0 Å². The molecule has 3 unspecified atom stereocenters. The highest BCUT2D eigenvalue weighted by Crippen LogP contribution is 2.26. The quantitative estimate of drug-likeness (QED) is 0.693. The van der Waals surface area contributed by atoms with E-state index in [-0.39, 0.29) is 12.0 Å². The van der Waals surface area contributed by atoms with Crippen molar-refractivity contribution in [2.24, 2.45) is 5.92 Å². The normalized spacial score (nSPS) is 27.8. The summed E-state index contributed by atoms with van der Waals surface area (Å²) in [7, 11) is 0. The minimum atomic E-state index is -0.0317. The molecule has 0 aromatic heterocycles. The Balaban J connectivity index is 2.65. The molecule has 1 aliphatic rings. The number of piperidine rings is 1. The topological polar surface area (TPSA) is 29.5 Å². The number of carbonyl (C=O) groups excluding carboxylic acids is 1. The lowest BCUT2D eigenvalue weighted by Crippen LogP contribution is -2.50. The van der Waals surface area contributed by atoms with E-state index in [0.717, 1.165) is 25.3 Å². The maximum atomic E-state index is 12.0. The number of hydrogen-bond acceptors (Lipinski definition) is 3. The smallest absolute Gasteiger partial charge is 0.323 e. The Morgan fingerprint density at radius 3 is 2.65 bits per heavy atom. The van der Waals surface area contributed by atoms with Crippen LogP contribution in [0.2, 0.25) is 0 Å². The molecule has 100 valence electrons. The number of ether oxygens (including phenoxy) is 1. The van der Waals surface area contributed by atoms with Crippen molar-refractivity contribution in [3.63, 3.8) is 0 Å². The van der Waals surface area contributed by atoms with E-state index in [1.54, 1.807) is 0 Å². The predicted molar refractivity (Wildman–Crippen MR) is 69.9 cm³/mol. The Kier molecular flexibility index (Phi) is 5.96. The molecule has 1 aliphatic heterocycles. The number of hydrogen-bond donors (Lipinski definition) is 0. The molecule has 0 amide bonds. The van der Waals surface area contributed by atoms with Gasteiger partial charge in [0.2, 0.25) is 0 Å². The zero-order valence-corrected chi connectivity index (χ0v) is 11.7. The van der Waals surface area contributed by atoms with Crippen LogP contribution in [0.4, 0.5) is 0 Å². The van der Waals surface area contributed by atoms with Gasteiger partial charge in [-0.3, -0.25) is 9.69 Å². The van der Waals surface area contributed by atoms with E-state index < -0.39 is 0 Å². The summed E-state index contributed by atoms with van der Waals surface area (Å²) in [5.74, 6) is 0.751. The van der Waals surface area contributed by atoms with Crippen molar-refractivity contribution in [2.45, 2.75) is 65.5 Å². The molecule has 3 nitrogen and oxygen atoms in total. The van der Waals surface area contributed by atoms with Crippen LogP contribution in [0, 0.1) is 5.92 Å². The van der Waals surface area contributed by atoms with Gasteiger partial charge in [-0.1, -0.05) is 20.3 Å². The summed E-state index contributed by atoms with van der Waals surface area (Å²) in [4.78, 5) is 14.3. The molecular formula is C14H27NO2. The molecule has 1 rings (SSSR count). The van der Waals surface area contributed by atoms with E-state index in [1.807, 2.05) is 6.92 Å². The second-order valence-electron chi connectivity index (χ2n) is 5.27. The summed E-state index contributed by atoms with van der Waals surface area (Å²) >= 11 is 0. The molecular weight excluding hydrogens is 214 g/mol. The summed E-state index contributed by atoms with van der Waals surface area (Å²) < 4.78 is 5.20. The van der Waals surface area contributed by atoms with Crippen molar-refractivity contribution in [3.05, 3.63) is 0 Å². The molecule has 1 heterocycles. The lowest BCUT2D eigenvalue weighted by Gasteiger charge is -2.40. The van der Waals surface area contributed by atoms with Crippen LogP contribution in [-0.2, 0) is 9.53 Å². The standard InChI is InChI=1S/C14H27NO2/c1-5-7-13(14(16)17-6-2)15-9-8-11(3)10-12(15)4/h11-13H,5-10H2,1-4H3. The maximum Gasteiger partial charge on any atom is 0.323 e. The highest BCUT2D eigenvalue weighted by Gasteiger charge is 2.33. The van der Waals surface area contributed by atoms with Crippen LogP contribution in [0.15, 0.2) is 0 Å². The fourth-order valence-electron chi connectivity index (χ4n) is 2.82. The van der Waals surface area contributed by atoms with E-state index in [9.17, 15) is 4.79 Å². The van der Waals surface area contributed by atoms with Gasteiger partial charge in [-0.2, -0.15) is 0 Å². The Morgan fingerprint density at radius 1 is 1.41 bits per heavy atom. The molecule has 0 aromatic carbocycles. The second kappa shape index (κ2) is 7.00. The number of carbonyl (C=O) groups is 1. The summed E-state index contributed by atoms with van der Waals surface area (Å²) in [5, 5.41) is 0. The van der Waals surface area contributed by atoms with Gasteiger partial charge in [0, 0.05) is 6.04 Å². The van der Waals surface area contributed by atoms with Crippen LogP contribution in [0.1, 0.15) is 53.4 Å². The highest BCUT2D eigenvalue weighted by molar-refractivity contribution is 5.75. The van der Waals surface area contributed by atoms with Crippen molar-refractivity contribution in [3.8, 4) is 0 Å². The summed E-state index contributed by atoms with van der Waals surface area (Å²) in [6.07, 6.45) is 4.34. The fourth-order valence-corrected chi connectivity index (χ4v) is 2.82. The van der Waals surface area contributed by atoms with Crippen molar-refractivity contribution in [2.75, 3.05) is 13.2 Å². The average molecular weight is 241 g/mol. The Bertz CT molecular complexity index is 242. The summed E-state index contributed by atoms with van der Waals surface area (Å²) in [6, 6.07) is 0.474. The average Bonchev–Trinajstić information content (AvgIpc) is 2.27. The van der Waals surface area contributed by atoms with Crippen LogP contribution >= 0.6 is 0 Å². The monoisotopic (exact) mass is 241 g/mol. The molecule has 3 atom stereocenters. The van der Waals surface area contributed by atoms with Crippen LogP contribution < -0.4 is 0 Å². The molecule has 0 aliphatic carbocycles. The van der Waals surface area contributed by atoms with Gasteiger partial charge in [-0.25, -0.2) is 0 Å². The number of esters is 1. The lowest BCUT2D eigenvalue weighted by molar-refractivity contribution is -0.151. The zero-order valence-electron chi connectivity index (χ0n) is 11.7.